The first-order valence-electron chi connectivity index (χ1n) is 7.03. The van der Waals surface area contributed by atoms with E-state index in [0.29, 0.717) is 0 Å². The Kier molecular flexibility index (Phi) is 4.58. The summed E-state index contributed by atoms with van der Waals surface area (Å²) in [6, 6.07) is 16.6. The molecule has 0 saturated heterocycles. The molecule has 0 heterocycles. The molecule has 2 N–H and O–H groups in total. The van der Waals surface area contributed by atoms with Crippen molar-refractivity contribution < 1.29 is 5.11 Å². The lowest BCUT2D eigenvalue weighted by Crippen LogP contribution is -2.42. The molecule has 1 unspecified atom stereocenters. The van der Waals surface area contributed by atoms with Crippen LogP contribution in [-0.4, -0.2) is 11.7 Å². The maximum atomic E-state index is 9.78. The molecule has 2 nitrogen and oxygen atoms in total. The van der Waals surface area contributed by atoms with Crippen molar-refractivity contribution in [1.82, 2.24) is 5.32 Å². The zero-order valence-electron chi connectivity index (χ0n) is 12.5. The SMILES string of the molecule is Cc1ccc(C)c(CNC(C)(CO)c2ccccc2)c1. The van der Waals surface area contributed by atoms with Crippen molar-refractivity contribution >= 4 is 0 Å². The van der Waals surface area contributed by atoms with Crippen molar-refractivity contribution in [2.24, 2.45) is 0 Å². The molecule has 2 rings (SSSR count). The fourth-order valence-corrected chi connectivity index (χ4v) is 2.34. The molecule has 0 spiro atoms. The molecule has 2 heteroatoms. The minimum atomic E-state index is -0.419. The summed E-state index contributed by atoms with van der Waals surface area (Å²) in [6.45, 7) is 7.08. The van der Waals surface area contributed by atoms with E-state index in [1.165, 1.54) is 16.7 Å². The van der Waals surface area contributed by atoms with Crippen LogP contribution in [0, 0.1) is 13.8 Å². The molecule has 20 heavy (non-hydrogen) atoms. The summed E-state index contributed by atoms with van der Waals surface area (Å²) in [6.07, 6.45) is 0. The van der Waals surface area contributed by atoms with Crippen LogP contribution in [-0.2, 0) is 12.1 Å². The number of hydrogen-bond acceptors (Lipinski definition) is 2. The molecule has 0 aliphatic heterocycles. The van der Waals surface area contributed by atoms with Crippen LogP contribution in [0.1, 0.15) is 29.2 Å². The lowest BCUT2D eigenvalue weighted by molar-refractivity contribution is 0.173. The van der Waals surface area contributed by atoms with Crippen LogP contribution in [0.3, 0.4) is 0 Å². The van der Waals surface area contributed by atoms with E-state index in [9.17, 15) is 5.11 Å². The Hall–Kier alpha value is -1.64. The third kappa shape index (κ3) is 3.27. The van der Waals surface area contributed by atoms with Gasteiger partial charge in [0.1, 0.15) is 0 Å². The molecule has 0 aliphatic carbocycles. The second-order valence-corrected chi connectivity index (χ2v) is 5.64. The van der Waals surface area contributed by atoms with Gasteiger partial charge in [-0.3, -0.25) is 0 Å². The Bertz CT molecular complexity index is 565. The van der Waals surface area contributed by atoms with Crippen LogP contribution in [0.2, 0.25) is 0 Å². The average molecular weight is 269 g/mol. The summed E-state index contributed by atoms with van der Waals surface area (Å²) >= 11 is 0. The summed E-state index contributed by atoms with van der Waals surface area (Å²) < 4.78 is 0. The Morgan fingerprint density at radius 1 is 1.05 bits per heavy atom. The number of aliphatic hydroxyl groups is 1. The maximum absolute atomic E-state index is 9.78. The molecule has 0 fully saturated rings. The van der Waals surface area contributed by atoms with Crippen LogP contribution in [0.4, 0.5) is 0 Å². The van der Waals surface area contributed by atoms with Crippen molar-refractivity contribution in [3.63, 3.8) is 0 Å². The molecule has 0 saturated carbocycles. The number of aliphatic hydroxyl groups excluding tert-OH is 1. The predicted molar refractivity (Wildman–Crippen MR) is 83.6 cm³/mol. The van der Waals surface area contributed by atoms with Gasteiger partial charge in [0.05, 0.1) is 12.1 Å². The molecule has 2 aromatic rings. The Labute approximate surface area is 121 Å². The van der Waals surface area contributed by atoms with Crippen LogP contribution in [0.5, 0.6) is 0 Å². The second kappa shape index (κ2) is 6.21. The summed E-state index contributed by atoms with van der Waals surface area (Å²) in [4.78, 5) is 0. The topological polar surface area (TPSA) is 32.3 Å². The van der Waals surface area contributed by atoms with Crippen LogP contribution < -0.4 is 5.32 Å². The van der Waals surface area contributed by atoms with E-state index >= 15 is 0 Å². The van der Waals surface area contributed by atoms with Gasteiger partial charge in [0, 0.05) is 6.54 Å². The van der Waals surface area contributed by atoms with Crippen molar-refractivity contribution in [2.75, 3.05) is 6.61 Å². The fraction of sp³-hybridized carbons (Fsp3) is 0.333. The Morgan fingerprint density at radius 2 is 1.75 bits per heavy atom. The smallest absolute Gasteiger partial charge is 0.0652 e. The molecule has 106 valence electrons. The number of hydrogen-bond donors (Lipinski definition) is 2. The highest BCUT2D eigenvalue weighted by molar-refractivity contribution is 5.31. The molecule has 1 atom stereocenters. The van der Waals surface area contributed by atoms with Crippen molar-refractivity contribution in [1.29, 1.82) is 0 Å². The van der Waals surface area contributed by atoms with E-state index in [0.717, 1.165) is 12.1 Å². The normalized spacial score (nSPS) is 14.0. The molecule has 2 aromatic carbocycles. The van der Waals surface area contributed by atoms with Crippen molar-refractivity contribution in [3.05, 3.63) is 70.8 Å². The zero-order chi connectivity index (χ0) is 14.6. The van der Waals surface area contributed by atoms with Crippen LogP contribution >= 0.6 is 0 Å². The highest BCUT2D eigenvalue weighted by Crippen LogP contribution is 2.21. The molecule has 0 bridgehead atoms. The fourth-order valence-electron chi connectivity index (χ4n) is 2.34. The lowest BCUT2D eigenvalue weighted by Gasteiger charge is -2.30. The molecule has 0 radical (unpaired) electrons. The lowest BCUT2D eigenvalue weighted by atomic mass is 9.92. The molecular weight excluding hydrogens is 246 g/mol. The van der Waals surface area contributed by atoms with Crippen LogP contribution in [0.25, 0.3) is 0 Å². The van der Waals surface area contributed by atoms with Gasteiger partial charge in [-0.25, -0.2) is 0 Å². The summed E-state index contributed by atoms with van der Waals surface area (Å²) in [7, 11) is 0. The van der Waals surface area contributed by atoms with Gasteiger partial charge >= 0.3 is 0 Å². The van der Waals surface area contributed by atoms with E-state index in [1.807, 2.05) is 37.3 Å². The Morgan fingerprint density at radius 3 is 2.40 bits per heavy atom. The average Bonchev–Trinajstić information content (AvgIpc) is 2.49. The van der Waals surface area contributed by atoms with Gasteiger partial charge in [-0.1, -0.05) is 54.1 Å². The highest BCUT2D eigenvalue weighted by Gasteiger charge is 2.24. The molecule has 0 aromatic heterocycles. The third-order valence-electron chi connectivity index (χ3n) is 3.90. The van der Waals surface area contributed by atoms with Gasteiger partial charge in [0.15, 0.2) is 0 Å². The maximum Gasteiger partial charge on any atom is 0.0652 e. The summed E-state index contributed by atoms with van der Waals surface area (Å²) in [5, 5.41) is 13.3. The Balaban J connectivity index is 2.17. The summed E-state index contributed by atoms with van der Waals surface area (Å²) in [5.41, 5.74) is 4.50. The first-order valence-corrected chi connectivity index (χ1v) is 7.03. The van der Waals surface area contributed by atoms with Gasteiger partial charge in [-0.05, 0) is 37.5 Å². The van der Waals surface area contributed by atoms with Gasteiger partial charge in [-0.2, -0.15) is 0 Å². The predicted octanol–water partition coefficient (Wildman–Crippen LogP) is 3.30. The van der Waals surface area contributed by atoms with Gasteiger partial charge in [0.25, 0.3) is 0 Å². The number of benzene rings is 2. The summed E-state index contributed by atoms with van der Waals surface area (Å²) in [5.74, 6) is 0. The minimum Gasteiger partial charge on any atom is -0.394 e. The first kappa shape index (κ1) is 14.8. The number of rotatable bonds is 5. The van der Waals surface area contributed by atoms with Gasteiger partial charge in [-0.15, -0.1) is 0 Å². The molecule has 0 aliphatic rings. The van der Waals surface area contributed by atoms with Gasteiger partial charge < -0.3 is 10.4 Å². The number of aryl methyl sites for hydroxylation is 2. The third-order valence-corrected chi connectivity index (χ3v) is 3.90. The van der Waals surface area contributed by atoms with E-state index in [2.05, 4.69) is 37.4 Å². The van der Waals surface area contributed by atoms with Crippen molar-refractivity contribution in [2.45, 2.75) is 32.9 Å². The monoisotopic (exact) mass is 269 g/mol. The highest BCUT2D eigenvalue weighted by atomic mass is 16.3. The van der Waals surface area contributed by atoms with Crippen LogP contribution in [0.15, 0.2) is 48.5 Å². The first-order chi connectivity index (χ1) is 9.55. The molecule has 0 amide bonds. The van der Waals surface area contributed by atoms with E-state index < -0.39 is 5.54 Å². The molecular formula is C18H23NO. The van der Waals surface area contributed by atoms with E-state index in [1.54, 1.807) is 0 Å². The minimum absolute atomic E-state index is 0.0713. The zero-order valence-corrected chi connectivity index (χ0v) is 12.5. The van der Waals surface area contributed by atoms with Gasteiger partial charge in [0.2, 0.25) is 0 Å². The second-order valence-electron chi connectivity index (χ2n) is 5.64. The largest absolute Gasteiger partial charge is 0.394 e. The standard InChI is InChI=1S/C18H23NO/c1-14-9-10-15(2)16(11-14)12-19-18(3,13-20)17-7-5-4-6-8-17/h4-11,19-20H,12-13H2,1-3H3. The van der Waals surface area contributed by atoms with E-state index in [-0.39, 0.29) is 6.61 Å². The number of nitrogens with one attached hydrogen (secondary N) is 1. The van der Waals surface area contributed by atoms with E-state index in [4.69, 9.17) is 0 Å². The quantitative estimate of drug-likeness (QED) is 0.873. The van der Waals surface area contributed by atoms with Crippen molar-refractivity contribution in [3.8, 4) is 0 Å².